The number of rotatable bonds is 2. The van der Waals surface area contributed by atoms with E-state index in [4.69, 9.17) is 11.6 Å². The Hall–Kier alpha value is -1.55. The van der Waals surface area contributed by atoms with Crippen LogP contribution in [0.4, 0.5) is 17.6 Å². The smallest absolute Gasteiger partial charge is 0.131 e. The lowest BCUT2D eigenvalue weighted by molar-refractivity contribution is 0.565. The Morgan fingerprint density at radius 3 is 2.00 bits per heavy atom. The zero-order valence-corrected chi connectivity index (χ0v) is 10.6. The van der Waals surface area contributed by atoms with Crippen LogP contribution in [0.25, 0.3) is 0 Å². The van der Waals surface area contributed by atoms with Crippen LogP contribution in [0.2, 0.25) is 0 Å². The van der Waals surface area contributed by atoms with E-state index in [1.165, 1.54) is 13.0 Å². The third kappa shape index (κ3) is 2.89. The Labute approximate surface area is 112 Å². The van der Waals surface area contributed by atoms with E-state index in [1.54, 1.807) is 0 Å². The molecule has 0 saturated heterocycles. The lowest BCUT2D eigenvalue weighted by Gasteiger charge is -2.13. The predicted octanol–water partition coefficient (Wildman–Crippen LogP) is 4.88. The molecule has 0 radical (unpaired) electrons. The minimum atomic E-state index is -1.09. The first kappa shape index (κ1) is 13.9. The van der Waals surface area contributed by atoms with Crippen LogP contribution in [-0.2, 0) is 0 Å². The average Bonchev–Trinajstić information content (AvgIpc) is 2.31. The third-order valence-corrected chi connectivity index (χ3v) is 3.22. The summed E-state index contributed by atoms with van der Waals surface area (Å²) in [6.45, 7) is 1.45. The number of benzene rings is 2. The number of halogens is 5. The van der Waals surface area contributed by atoms with Crippen molar-refractivity contribution < 1.29 is 17.6 Å². The van der Waals surface area contributed by atoms with Gasteiger partial charge in [-0.15, -0.1) is 11.6 Å². The molecule has 0 saturated carbocycles. The van der Waals surface area contributed by atoms with Crippen molar-refractivity contribution in [2.75, 3.05) is 0 Å². The molecule has 1 atom stereocenters. The van der Waals surface area contributed by atoms with E-state index >= 15 is 0 Å². The summed E-state index contributed by atoms with van der Waals surface area (Å²) in [5.41, 5.74) is 0.258. The minimum Gasteiger partial charge on any atom is -0.207 e. The van der Waals surface area contributed by atoms with Gasteiger partial charge in [0.15, 0.2) is 0 Å². The lowest BCUT2D eigenvalue weighted by Crippen LogP contribution is -2.01. The van der Waals surface area contributed by atoms with Gasteiger partial charge in [-0.2, -0.15) is 0 Å². The van der Waals surface area contributed by atoms with E-state index in [2.05, 4.69) is 0 Å². The highest BCUT2D eigenvalue weighted by atomic mass is 35.5. The van der Waals surface area contributed by atoms with Gasteiger partial charge >= 0.3 is 0 Å². The van der Waals surface area contributed by atoms with Crippen molar-refractivity contribution in [1.82, 2.24) is 0 Å². The van der Waals surface area contributed by atoms with Gasteiger partial charge < -0.3 is 0 Å². The quantitative estimate of drug-likeness (QED) is 0.546. The highest BCUT2D eigenvalue weighted by Gasteiger charge is 2.18. The van der Waals surface area contributed by atoms with Gasteiger partial charge in [0, 0.05) is 17.7 Å². The van der Waals surface area contributed by atoms with Crippen LogP contribution in [0.5, 0.6) is 0 Å². The second-order valence-corrected chi connectivity index (χ2v) is 4.62. The maximum absolute atomic E-state index is 13.7. The van der Waals surface area contributed by atoms with Crippen molar-refractivity contribution in [2.45, 2.75) is 12.3 Å². The zero-order valence-electron chi connectivity index (χ0n) is 9.85. The molecule has 0 aromatic heterocycles. The van der Waals surface area contributed by atoms with Crippen LogP contribution in [0, 0.1) is 30.2 Å². The maximum Gasteiger partial charge on any atom is 0.131 e. The first-order chi connectivity index (χ1) is 8.88. The predicted molar refractivity (Wildman–Crippen MR) is 65.1 cm³/mol. The molecule has 0 amide bonds. The molecule has 2 aromatic rings. The molecule has 5 heteroatoms. The topological polar surface area (TPSA) is 0 Å². The molecule has 0 fully saturated rings. The van der Waals surface area contributed by atoms with Gasteiger partial charge in [0.25, 0.3) is 0 Å². The van der Waals surface area contributed by atoms with E-state index < -0.39 is 28.6 Å². The van der Waals surface area contributed by atoms with Crippen molar-refractivity contribution in [3.05, 3.63) is 70.3 Å². The van der Waals surface area contributed by atoms with Crippen LogP contribution in [0.3, 0.4) is 0 Å². The summed E-state index contributed by atoms with van der Waals surface area (Å²) >= 11 is 6.01. The van der Waals surface area contributed by atoms with Crippen molar-refractivity contribution in [2.24, 2.45) is 0 Å². The highest BCUT2D eigenvalue weighted by Crippen LogP contribution is 2.32. The summed E-state index contributed by atoms with van der Waals surface area (Å²) < 4.78 is 53.0. The first-order valence-electron chi connectivity index (χ1n) is 5.44. The lowest BCUT2D eigenvalue weighted by atomic mass is 10.0. The molecule has 1 unspecified atom stereocenters. The first-order valence-corrected chi connectivity index (χ1v) is 5.87. The molecule has 2 rings (SSSR count). The van der Waals surface area contributed by atoms with Crippen molar-refractivity contribution in [3.63, 3.8) is 0 Å². The Morgan fingerprint density at radius 2 is 1.42 bits per heavy atom. The average molecular weight is 289 g/mol. The highest BCUT2D eigenvalue weighted by molar-refractivity contribution is 6.22. The largest absolute Gasteiger partial charge is 0.207 e. The van der Waals surface area contributed by atoms with E-state index in [1.807, 2.05) is 0 Å². The molecule has 0 aliphatic carbocycles. The van der Waals surface area contributed by atoms with Gasteiger partial charge in [-0.25, -0.2) is 17.6 Å². The Morgan fingerprint density at radius 1 is 0.842 bits per heavy atom. The summed E-state index contributed by atoms with van der Waals surface area (Å²) in [6.07, 6.45) is 0. The van der Waals surface area contributed by atoms with E-state index in [0.29, 0.717) is 12.1 Å². The molecule has 0 N–H and O–H groups in total. The Balaban J connectivity index is 2.49. The zero-order chi connectivity index (χ0) is 14.2. The van der Waals surface area contributed by atoms with Gasteiger partial charge in [-0.05, 0) is 36.2 Å². The van der Waals surface area contributed by atoms with Crippen LogP contribution < -0.4 is 0 Å². The van der Waals surface area contributed by atoms with Crippen LogP contribution in [0.15, 0.2) is 30.3 Å². The molecule has 2 aromatic carbocycles. The van der Waals surface area contributed by atoms with Gasteiger partial charge in [0.1, 0.15) is 23.3 Å². The van der Waals surface area contributed by atoms with Crippen molar-refractivity contribution in [3.8, 4) is 0 Å². The summed E-state index contributed by atoms with van der Waals surface area (Å²) in [5.74, 6) is -3.16. The number of aryl methyl sites for hydroxylation is 1. The molecular weight excluding hydrogens is 280 g/mol. The van der Waals surface area contributed by atoms with Crippen LogP contribution in [0.1, 0.15) is 22.1 Å². The minimum absolute atomic E-state index is 0.0226. The fourth-order valence-electron chi connectivity index (χ4n) is 1.77. The van der Waals surface area contributed by atoms with Crippen molar-refractivity contribution in [1.29, 1.82) is 0 Å². The fraction of sp³-hybridized carbons (Fsp3) is 0.143. The second-order valence-electron chi connectivity index (χ2n) is 4.19. The summed E-state index contributed by atoms with van der Waals surface area (Å²) in [5, 5.41) is -1.09. The van der Waals surface area contributed by atoms with Crippen LogP contribution >= 0.6 is 11.6 Å². The standard InChI is InChI=1S/C14H9ClF4/c1-7-2-11(13(19)6-12(7)18)14(15)8-3-9(16)5-10(17)4-8/h2-6,14H,1H3. The van der Waals surface area contributed by atoms with Gasteiger partial charge in [0.05, 0.1) is 5.38 Å². The van der Waals surface area contributed by atoms with Gasteiger partial charge in [-0.3, -0.25) is 0 Å². The van der Waals surface area contributed by atoms with Crippen LogP contribution in [-0.4, -0.2) is 0 Å². The van der Waals surface area contributed by atoms with Crippen molar-refractivity contribution >= 4 is 11.6 Å². The molecule has 100 valence electrons. The molecule has 0 aliphatic rings. The normalized spacial score (nSPS) is 12.5. The number of hydrogen-bond acceptors (Lipinski definition) is 0. The molecule has 0 heterocycles. The number of hydrogen-bond donors (Lipinski definition) is 0. The molecule has 0 nitrogen and oxygen atoms in total. The van der Waals surface area contributed by atoms with Gasteiger partial charge in [-0.1, -0.05) is 0 Å². The monoisotopic (exact) mass is 288 g/mol. The Bertz CT molecular complexity index is 605. The molecule has 0 aliphatic heterocycles. The van der Waals surface area contributed by atoms with E-state index in [9.17, 15) is 17.6 Å². The number of alkyl halides is 1. The molecular formula is C14H9ClF4. The molecule has 19 heavy (non-hydrogen) atoms. The second kappa shape index (κ2) is 5.21. The summed E-state index contributed by atoms with van der Waals surface area (Å²) in [7, 11) is 0. The molecule has 0 bridgehead atoms. The van der Waals surface area contributed by atoms with E-state index in [-0.39, 0.29) is 16.7 Å². The van der Waals surface area contributed by atoms with E-state index in [0.717, 1.165) is 12.1 Å². The summed E-state index contributed by atoms with van der Waals surface area (Å²) in [4.78, 5) is 0. The summed E-state index contributed by atoms with van der Waals surface area (Å²) in [6, 6.07) is 4.65. The molecule has 0 spiro atoms. The Kier molecular flexibility index (Phi) is 3.80. The third-order valence-electron chi connectivity index (χ3n) is 2.73. The SMILES string of the molecule is Cc1cc(C(Cl)c2cc(F)cc(F)c2)c(F)cc1F. The maximum atomic E-state index is 13.7. The fourth-order valence-corrected chi connectivity index (χ4v) is 2.07. The van der Waals surface area contributed by atoms with Gasteiger partial charge in [0.2, 0.25) is 0 Å².